The van der Waals surface area contributed by atoms with Crippen molar-refractivity contribution in [3.05, 3.63) is 29.8 Å². The van der Waals surface area contributed by atoms with E-state index in [1.165, 1.54) is 13.2 Å². The van der Waals surface area contributed by atoms with Crippen LogP contribution in [0.1, 0.15) is 23.2 Å². The van der Waals surface area contributed by atoms with Crippen molar-refractivity contribution in [2.24, 2.45) is 0 Å². The van der Waals surface area contributed by atoms with Crippen molar-refractivity contribution in [3.63, 3.8) is 0 Å². The number of methoxy groups -OCH3 is 1. The molecule has 1 N–H and O–H groups in total. The molecular formula is C15H17NO6. The molecule has 1 saturated heterocycles. The third kappa shape index (κ3) is 4.05. The molecule has 0 aliphatic carbocycles. The van der Waals surface area contributed by atoms with Crippen molar-refractivity contribution < 1.29 is 28.6 Å². The topological polar surface area (TPSA) is 90.9 Å². The number of esters is 2. The quantitative estimate of drug-likeness (QED) is 0.820. The number of hydrogen-bond acceptors (Lipinski definition) is 6. The average Bonchev–Trinajstić information content (AvgIpc) is 3.07. The van der Waals surface area contributed by atoms with E-state index in [1.54, 1.807) is 18.2 Å². The van der Waals surface area contributed by atoms with Gasteiger partial charge in [-0.3, -0.25) is 4.79 Å². The fourth-order valence-electron chi connectivity index (χ4n) is 2.06. The van der Waals surface area contributed by atoms with E-state index >= 15 is 0 Å². The van der Waals surface area contributed by atoms with Crippen LogP contribution in [0.5, 0.6) is 0 Å². The van der Waals surface area contributed by atoms with Gasteiger partial charge < -0.3 is 19.5 Å². The minimum atomic E-state index is -0.588. The van der Waals surface area contributed by atoms with E-state index in [0.29, 0.717) is 18.7 Å². The monoisotopic (exact) mass is 307 g/mol. The predicted molar refractivity (Wildman–Crippen MR) is 76.3 cm³/mol. The van der Waals surface area contributed by atoms with Crippen LogP contribution in [0.4, 0.5) is 5.69 Å². The Hall–Kier alpha value is -2.41. The summed E-state index contributed by atoms with van der Waals surface area (Å²) < 4.78 is 14.7. The number of benzene rings is 1. The van der Waals surface area contributed by atoms with Crippen LogP contribution in [-0.2, 0) is 23.8 Å². The van der Waals surface area contributed by atoms with Gasteiger partial charge in [-0.1, -0.05) is 12.1 Å². The Bertz CT molecular complexity index is 565. The number of ether oxygens (including phenoxy) is 3. The van der Waals surface area contributed by atoms with E-state index in [2.05, 4.69) is 10.1 Å². The molecule has 22 heavy (non-hydrogen) atoms. The number of rotatable bonds is 5. The summed E-state index contributed by atoms with van der Waals surface area (Å²) >= 11 is 0. The van der Waals surface area contributed by atoms with Gasteiger partial charge in [0.25, 0.3) is 5.91 Å². The molecule has 1 amide bonds. The summed E-state index contributed by atoms with van der Waals surface area (Å²) in [6, 6.07) is 6.41. The Labute approximate surface area is 127 Å². The molecule has 1 aliphatic heterocycles. The molecule has 1 aliphatic rings. The van der Waals surface area contributed by atoms with E-state index in [-0.39, 0.29) is 5.56 Å². The summed E-state index contributed by atoms with van der Waals surface area (Å²) in [6.45, 7) is 0.0899. The molecule has 7 nitrogen and oxygen atoms in total. The standard InChI is InChI=1S/C15H17NO6/c1-20-14(18)10-5-2-3-6-11(10)16-13(17)9-22-15(19)12-7-4-8-21-12/h2-3,5-6,12H,4,7-9H2,1H3,(H,16,17)/t12-/m0/s1. The molecule has 1 atom stereocenters. The lowest BCUT2D eigenvalue weighted by atomic mass is 10.2. The van der Waals surface area contributed by atoms with Gasteiger partial charge in [0.1, 0.15) is 0 Å². The summed E-state index contributed by atoms with van der Waals surface area (Å²) in [5, 5.41) is 2.51. The SMILES string of the molecule is COC(=O)c1ccccc1NC(=O)COC(=O)[C@@H]1CCCO1. The van der Waals surface area contributed by atoms with E-state index in [4.69, 9.17) is 9.47 Å². The second kappa shape index (κ2) is 7.56. The first-order valence-corrected chi connectivity index (χ1v) is 6.87. The molecule has 0 saturated carbocycles. The van der Waals surface area contributed by atoms with Crippen LogP contribution in [0.15, 0.2) is 24.3 Å². The third-order valence-electron chi connectivity index (χ3n) is 3.14. The molecule has 7 heteroatoms. The first-order chi connectivity index (χ1) is 10.6. The molecule has 1 fully saturated rings. The van der Waals surface area contributed by atoms with Gasteiger partial charge in [0.05, 0.1) is 18.4 Å². The first kappa shape index (κ1) is 16.0. The van der Waals surface area contributed by atoms with Crippen LogP contribution in [-0.4, -0.2) is 44.3 Å². The fourth-order valence-corrected chi connectivity index (χ4v) is 2.06. The van der Waals surface area contributed by atoms with Gasteiger partial charge in [-0.25, -0.2) is 9.59 Å². The third-order valence-corrected chi connectivity index (χ3v) is 3.14. The number of nitrogens with one attached hydrogen (secondary N) is 1. The lowest BCUT2D eigenvalue weighted by molar-refractivity contribution is -0.156. The zero-order valence-corrected chi connectivity index (χ0v) is 12.2. The van der Waals surface area contributed by atoms with Crippen molar-refractivity contribution in [1.82, 2.24) is 0 Å². The zero-order valence-electron chi connectivity index (χ0n) is 12.2. The Morgan fingerprint density at radius 1 is 1.32 bits per heavy atom. The Balaban J connectivity index is 1.89. The number of amides is 1. The van der Waals surface area contributed by atoms with Crippen molar-refractivity contribution in [2.75, 3.05) is 25.6 Å². The Kier molecular flexibility index (Phi) is 5.48. The van der Waals surface area contributed by atoms with Crippen molar-refractivity contribution in [1.29, 1.82) is 0 Å². The molecule has 1 aromatic rings. The minimum absolute atomic E-state index is 0.226. The van der Waals surface area contributed by atoms with E-state index in [1.807, 2.05) is 0 Å². The van der Waals surface area contributed by atoms with Gasteiger partial charge in [0.2, 0.25) is 0 Å². The summed E-state index contributed by atoms with van der Waals surface area (Å²) in [6.07, 6.45) is 0.819. The summed E-state index contributed by atoms with van der Waals surface area (Å²) in [5.41, 5.74) is 0.524. The molecule has 1 aromatic carbocycles. The molecular weight excluding hydrogens is 290 g/mol. The van der Waals surface area contributed by atoms with E-state index in [9.17, 15) is 14.4 Å². The lowest BCUT2D eigenvalue weighted by Gasteiger charge is -2.11. The molecule has 0 unspecified atom stereocenters. The average molecular weight is 307 g/mol. The highest BCUT2D eigenvalue weighted by Gasteiger charge is 2.25. The highest BCUT2D eigenvalue weighted by molar-refractivity contribution is 6.01. The lowest BCUT2D eigenvalue weighted by Crippen LogP contribution is -2.27. The second-order valence-corrected chi connectivity index (χ2v) is 4.69. The van der Waals surface area contributed by atoms with Crippen molar-refractivity contribution in [3.8, 4) is 0 Å². The molecule has 118 valence electrons. The maximum atomic E-state index is 11.8. The molecule has 0 spiro atoms. The summed E-state index contributed by atoms with van der Waals surface area (Å²) in [4.78, 5) is 35.0. The fraction of sp³-hybridized carbons (Fsp3) is 0.400. The molecule has 0 aromatic heterocycles. The van der Waals surface area contributed by atoms with E-state index in [0.717, 1.165) is 6.42 Å². The van der Waals surface area contributed by atoms with E-state index < -0.39 is 30.6 Å². The smallest absolute Gasteiger partial charge is 0.339 e. The largest absolute Gasteiger partial charge is 0.465 e. The number of hydrogen-bond donors (Lipinski definition) is 1. The molecule has 0 bridgehead atoms. The number of para-hydroxylation sites is 1. The van der Waals surface area contributed by atoms with Crippen LogP contribution in [0.25, 0.3) is 0 Å². The van der Waals surface area contributed by atoms with Gasteiger partial charge in [-0.2, -0.15) is 0 Å². The highest BCUT2D eigenvalue weighted by atomic mass is 16.6. The number of anilines is 1. The van der Waals surface area contributed by atoms with Crippen LogP contribution in [0.2, 0.25) is 0 Å². The van der Waals surface area contributed by atoms with Gasteiger partial charge in [0.15, 0.2) is 12.7 Å². The predicted octanol–water partition coefficient (Wildman–Crippen LogP) is 1.13. The van der Waals surface area contributed by atoms with Crippen LogP contribution in [0.3, 0.4) is 0 Å². The first-order valence-electron chi connectivity index (χ1n) is 6.87. The summed E-state index contributed by atoms with van der Waals surface area (Å²) in [5.74, 6) is -1.65. The van der Waals surface area contributed by atoms with Crippen molar-refractivity contribution >= 4 is 23.5 Å². The Morgan fingerprint density at radius 2 is 2.09 bits per heavy atom. The normalized spacial score (nSPS) is 16.9. The van der Waals surface area contributed by atoms with Crippen LogP contribution < -0.4 is 5.32 Å². The maximum Gasteiger partial charge on any atom is 0.339 e. The number of carbonyl (C=O) groups is 3. The second-order valence-electron chi connectivity index (χ2n) is 4.69. The highest BCUT2D eigenvalue weighted by Crippen LogP contribution is 2.16. The minimum Gasteiger partial charge on any atom is -0.465 e. The molecule has 0 radical (unpaired) electrons. The zero-order chi connectivity index (χ0) is 15.9. The van der Waals surface area contributed by atoms with Gasteiger partial charge in [-0.05, 0) is 25.0 Å². The maximum absolute atomic E-state index is 11.8. The van der Waals surface area contributed by atoms with Gasteiger partial charge in [0, 0.05) is 6.61 Å². The molecule has 1 heterocycles. The Morgan fingerprint density at radius 3 is 2.77 bits per heavy atom. The van der Waals surface area contributed by atoms with Crippen molar-refractivity contribution in [2.45, 2.75) is 18.9 Å². The van der Waals surface area contributed by atoms with Crippen LogP contribution in [0, 0.1) is 0 Å². The van der Waals surface area contributed by atoms with Crippen LogP contribution >= 0.6 is 0 Å². The number of carbonyl (C=O) groups excluding carboxylic acids is 3. The van der Waals surface area contributed by atoms with Gasteiger partial charge in [-0.15, -0.1) is 0 Å². The van der Waals surface area contributed by atoms with Gasteiger partial charge >= 0.3 is 11.9 Å². The molecule has 2 rings (SSSR count). The summed E-state index contributed by atoms with van der Waals surface area (Å²) in [7, 11) is 1.25.